The third-order valence-electron chi connectivity index (χ3n) is 7.81. The maximum atomic E-state index is 13.5. The minimum absolute atomic E-state index is 0.00404. The van der Waals surface area contributed by atoms with Crippen LogP contribution in [0.3, 0.4) is 0 Å². The number of hydrogen-bond acceptors (Lipinski definition) is 8. The molecule has 2 aliphatic rings. The lowest BCUT2D eigenvalue weighted by Crippen LogP contribution is -2.51. The Bertz CT molecular complexity index is 1920. The Kier molecular flexibility index (Phi) is 5.75. The van der Waals surface area contributed by atoms with Crippen molar-refractivity contribution in [3.8, 4) is 5.88 Å². The molecule has 0 bridgehead atoms. The number of rotatable bonds is 6. The number of anilines is 1. The molecule has 0 radical (unpaired) electrons. The van der Waals surface area contributed by atoms with Crippen LogP contribution in [-0.2, 0) is 22.8 Å². The van der Waals surface area contributed by atoms with E-state index in [-0.39, 0.29) is 28.5 Å². The number of carbonyl (C=O) groups excluding carboxylic acids is 1. The highest BCUT2D eigenvalue weighted by molar-refractivity contribution is 7.91. The topological polar surface area (TPSA) is 125 Å². The second kappa shape index (κ2) is 9.37. The second-order valence-electron chi connectivity index (χ2n) is 9.99. The van der Waals surface area contributed by atoms with Crippen LogP contribution in [0.5, 0.6) is 5.88 Å². The molecule has 1 amide bonds. The van der Waals surface area contributed by atoms with E-state index >= 15 is 0 Å². The lowest BCUT2D eigenvalue weighted by molar-refractivity contribution is -0.832. The van der Waals surface area contributed by atoms with Gasteiger partial charge in [0.2, 0.25) is 0 Å². The van der Waals surface area contributed by atoms with E-state index in [0.29, 0.717) is 25.1 Å². The van der Waals surface area contributed by atoms with Crippen LogP contribution in [0.1, 0.15) is 27.8 Å². The molecule has 5 aromatic rings. The number of hydrogen-bond donors (Lipinski definition) is 0. The van der Waals surface area contributed by atoms with Crippen molar-refractivity contribution in [2.75, 3.05) is 25.1 Å². The number of nitrogens with zero attached hydrogens (tertiary/aromatic N) is 5. The zero-order valence-corrected chi connectivity index (χ0v) is 22.8. The average Bonchev–Trinajstić information content (AvgIpc) is 3.54. The zero-order valence-electron chi connectivity index (χ0n) is 22.0. The molecule has 0 saturated carbocycles. The fourth-order valence-corrected chi connectivity index (χ4v) is 7.32. The largest absolute Gasteiger partial charge is 0.453 e. The summed E-state index contributed by atoms with van der Waals surface area (Å²) in [4.78, 5) is 17.3. The number of carbonyl (C=O) groups is 1. The SMILES string of the molecule is CN1c2ccccc2C(=O)N2CCc3c(n(CCOc4no[n+]([O-])c4S(=O)(=O)c4ccccc4)c4ccccc34)C21. The summed E-state index contributed by atoms with van der Waals surface area (Å²) < 4.78 is 38.9. The number of amides is 1. The summed E-state index contributed by atoms with van der Waals surface area (Å²) in [7, 11) is -2.25. The first-order chi connectivity index (χ1) is 19.9. The van der Waals surface area contributed by atoms with Gasteiger partial charge in [0.15, 0.2) is 0 Å². The van der Waals surface area contributed by atoms with E-state index in [1.54, 1.807) is 18.2 Å². The predicted molar refractivity (Wildman–Crippen MR) is 147 cm³/mol. The smallest absolute Gasteiger partial charge is 0.415 e. The number of benzene rings is 3. The fraction of sp³-hybridized carbons (Fsp3) is 0.207. The lowest BCUT2D eigenvalue weighted by atomic mass is 9.96. The van der Waals surface area contributed by atoms with Crippen molar-refractivity contribution in [3.05, 3.63) is 101 Å². The molecule has 12 heteroatoms. The molecule has 7 rings (SSSR count). The number of aromatic nitrogens is 3. The average molecular weight is 572 g/mol. The van der Waals surface area contributed by atoms with Crippen LogP contribution in [0, 0.1) is 5.21 Å². The molecule has 1 unspecified atom stereocenters. The molecule has 4 heterocycles. The minimum atomic E-state index is -4.24. The van der Waals surface area contributed by atoms with Crippen molar-refractivity contribution in [3.63, 3.8) is 0 Å². The summed E-state index contributed by atoms with van der Waals surface area (Å²) in [6, 6.07) is 23.2. The Morgan fingerprint density at radius 3 is 2.61 bits per heavy atom. The molecule has 3 aromatic carbocycles. The molecule has 2 aliphatic heterocycles. The van der Waals surface area contributed by atoms with E-state index in [0.717, 1.165) is 27.8 Å². The molecular formula is C29H25N5O6S. The van der Waals surface area contributed by atoms with Crippen molar-refractivity contribution in [1.29, 1.82) is 0 Å². The minimum Gasteiger partial charge on any atom is -0.453 e. The Balaban J connectivity index is 1.25. The summed E-state index contributed by atoms with van der Waals surface area (Å²) in [6.45, 7) is 0.888. The Hall–Kier alpha value is -4.84. The van der Waals surface area contributed by atoms with Crippen LogP contribution in [0.4, 0.5) is 5.69 Å². The van der Waals surface area contributed by atoms with Gasteiger partial charge in [-0.2, -0.15) is 0 Å². The summed E-state index contributed by atoms with van der Waals surface area (Å²) in [6.07, 6.45) is 0.361. The van der Waals surface area contributed by atoms with Gasteiger partial charge in [-0.25, -0.2) is 8.42 Å². The summed E-state index contributed by atoms with van der Waals surface area (Å²) in [5, 5.41) is 16.3. The molecule has 41 heavy (non-hydrogen) atoms. The monoisotopic (exact) mass is 571 g/mol. The van der Waals surface area contributed by atoms with Crippen molar-refractivity contribution in [1.82, 2.24) is 14.6 Å². The van der Waals surface area contributed by atoms with Gasteiger partial charge < -0.3 is 24.3 Å². The standard InChI is InChI=1S/C29H25N5O6S/c1-31-23-13-7-6-12-22(23)28(35)33-16-15-21-20-11-5-8-14-24(20)32(25(21)27(31)33)17-18-39-26-29(34(36)40-30-26)41(37,38)19-9-3-2-4-10-19/h2-14,27H,15-18H2,1H3. The van der Waals surface area contributed by atoms with Gasteiger partial charge in [-0.3, -0.25) is 9.42 Å². The van der Waals surface area contributed by atoms with Gasteiger partial charge in [-0.1, -0.05) is 48.5 Å². The first kappa shape index (κ1) is 25.1. The normalized spacial score (nSPS) is 16.4. The third kappa shape index (κ3) is 3.78. The number of para-hydroxylation sites is 2. The van der Waals surface area contributed by atoms with E-state index in [2.05, 4.69) is 25.3 Å². The Morgan fingerprint density at radius 1 is 1.05 bits per heavy atom. The van der Waals surface area contributed by atoms with E-state index < -0.39 is 20.7 Å². The van der Waals surface area contributed by atoms with Crippen LogP contribution in [0.15, 0.2) is 93.4 Å². The van der Waals surface area contributed by atoms with Gasteiger partial charge in [0, 0.05) is 24.5 Å². The van der Waals surface area contributed by atoms with Crippen molar-refractivity contribution >= 4 is 32.3 Å². The first-order valence-electron chi connectivity index (χ1n) is 13.1. The Labute approximate surface area is 235 Å². The third-order valence-corrected chi connectivity index (χ3v) is 9.54. The molecule has 0 aliphatic carbocycles. The van der Waals surface area contributed by atoms with Gasteiger partial charge in [0.05, 0.1) is 33.5 Å². The molecule has 0 spiro atoms. The van der Waals surface area contributed by atoms with Crippen molar-refractivity contribution < 1.29 is 27.5 Å². The van der Waals surface area contributed by atoms with E-state index in [1.165, 1.54) is 12.1 Å². The van der Waals surface area contributed by atoms with Gasteiger partial charge >= 0.3 is 10.9 Å². The van der Waals surface area contributed by atoms with E-state index in [9.17, 15) is 18.4 Å². The highest BCUT2D eigenvalue weighted by Gasteiger charge is 2.43. The molecule has 11 nitrogen and oxygen atoms in total. The second-order valence-corrected chi connectivity index (χ2v) is 11.9. The lowest BCUT2D eigenvalue weighted by Gasteiger charge is -2.46. The van der Waals surface area contributed by atoms with Crippen LogP contribution in [-0.4, -0.2) is 49.1 Å². The number of ether oxygens (including phenoxy) is 1. The number of fused-ring (bicyclic) bond motifs is 6. The molecule has 0 saturated heterocycles. The van der Waals surface area contributed by atoms with Crippen LogP contribution >= 0.6 is 0 Å². The fourth-order valence-electron chi connectivity index (χ4n) is 6.02. The first-order valence-corrected chi connectivity index (χ1v) is 14.6. The maximum absolute atomic E-state index is 13.5. The summed E-state index contributed by atoms with van der Waals surface area (Å²) in [5.74, 6) is -0.421. The van der Waals surface area contributed by atoms with Gasteiger partial charge in [0.1, 0.15) is 12.8 Å². The van der Waals surface area contributed by atoms with Crippen molar-refractivity contribution in [2.45, 2.75) is 29.1 Å². The predicted octanol–water partition coefficient (Wildman–Crippen LogP) is 3.32. The van der Waals surface area contributed by atoms with Gasteiger partial charge in [-0.05, 0) is 47.2 Å². The molecule has 2 aromatic heterocycles. The zero-order chi connectivity index (χ0) is 28.3. The van der Waals surface area contributed by atoms with E-state index in [4.69, 9.17) is 4.74 Å². The Morgan fingerprint density at radius 2 is 1.78 bits per heavy atom. The summed E-state index contributed by atoms with van der Waals surface area (Å²) in [5.41, 5.74) is 4.64. The molecule has 1 atom stereocenters. The maximum Gasteiger partial charge on any atom is 0.415 e. The molecule has 208 valence electrons. The van der Waals surface area contributed by atoms with Crippen molar-refractivity contribution in [2.24, 2.45) is 0 Å². The molecule has 0 N–H and O–H groups in total. The van der Waals surface area contributed by atoms with Gasteiger partial charge in [0.25, 0.3) is 15.7 Å². The molecular weight excluding hydrogens is 546 g/mol. The highest BCUT2D eigenvalue weighted by Crippen LogP contribution is 2.44. The quantitative estimate of drug-likeness (QED) is 0.284. The van der Waals surface area contributed by atoms with E-state index in [1.807, 2.05) is 54.4 Å². The molecule has 0 fully saturated rings. The van der Waals surface area contributed by atoms with Crippen LogP contribution in [0.2, 0.25) is 0 Å². The van der Waals surface area contributed by atoms with Crippen LogP contribution < -0.4 is 14.5 Å². The summed E-state index contributed by atoms with van der Waals surface area (Å²) >= 11 is 0. The van der Waals surface area contributed by atoms with Crippen LogP contribution in [0.25, 0.3) is 10.9 Å². The van der Waals surface area contributed by atoms with Gasteiger partial charge in [-0.15, -0.1) is 0 Å². The highest BCUT2D eigenvalue weighted by atomic mass is 32.2. The number of sulfone groups is 1.